The summed E-state index contributed by atoms with van der Waals surface area (Å²) in [6, 6.07) is 1.87. The standard InChI is InChI=1S/C10H10FNO6S/c11-6-1-3-7(4-2-6)19(17,18)12-8(10(15)16)5-9(13)14/h1-4,8,12H,5H2,(H,13,14)(H,15,16)/t8-/m0/s1. The van der Waals surface area contributed by atoms with Crippen LogP contribution in [0.1, 0.15) is 6.42 Å². The van der Waals surface area contributed by atoms with Crippen LogP contribution in [0.25, 0.3) is 0 Å². The molecule has 9 heteroatoms. The zero-order valence-electron chi connectivity index (χ0n) is 9.41. The molecule has 0 spiro atoms. The summed E-state index contributed by atoms with van der Waals surface area (Å²) in [4.78, 5) is 20.8. The molecule has 1 atom stereocenters. The quantitative estimate of drug-likeness (QED) is 0.680. The Morgan fingerprint density at radius 1 is 1.21 bits per heavy atom. The Labute approximate surface area is 107 Å². The Balaban J connectivity index is 2.97. The first-order chi connectivity index (χ1) is 8.72. The molecule has 0 aromatic heterocycles. The number of halogens is 1. The van der Waals surface area contributed by atoms with Crippen LogP contribution in [0.5, 0.6) is 0 Å². The van der Waals surface area contributed by atoms with Gasteiger partial charge in [-0.05, 0) is 24.3 Å². The summed E-state index contributed by atoms with van der Waals surface area (Å²) in [5.74, 6) is -3.73. The third kappa shape index (κ3) is 4.30. The topological polar surface area (TPSA) is 121 Å². The molecule has 0 aliphatic carbocycles. The van der Waals surface area contributed by atoms with Gasteiger partial charge in [-0.1, -0.05) is 0 Å². The van der Waals surface area contributed by atoms with Crippen molar-refractivity contribution in [2.45, 2.75) is 17.4 Å². The van der Waals surface area contributed by atoms with Crippen LogP contribution >= 0.6 is 0 Å². The average Bonchev–Trinajstić information content (AvgIpc) is 2.27. The number of hydrogen-bond donors (Lipinski definition) is 3. The Morgan fingerprint density at radius 2 is 1.74 bits per heavy atom. The van der Waals surface area contributed by atoms with Crippen LogP contribution in [0.3, 0.4) is 0 Å². The minimum atomic E-state index is -4.23. The summed E-state index contributed by atoms with van der Waals surface area (Å²) in [7, 11) is -4.23. The zero-order valence-corrected chi connectivity index (χ0v) is 10.2. The molecule has 1 rings (SSSR count). The zero-order chi connectivity index (χ0) is 14.6. The van der Waals surface area contributed by atoms with Crippen molar-refractivity contribution in [3.8, 4) is 0 Å². The molecule has 3 N–H and O–H groups in total. The second-order valence-electron chi connectivity index (χ2n) is 3.56. The number of hydrogen-bond acceptors (Lipinski definition) is 4. The van der Waals surface area contributed by atoms with Crippen molar-refractivity contribution in [2.75, 3.05) is 0 Å². The fraction of sp³-hybridized carbons (Fsp3) is 0.200. The molecule has 1 aromatic rings. The number of carboxylic acids is 2. The van der Waals surface area contributed by atoms with E-state index >= 15 is 0 Å². The highest BCUT2D eigenvalue weighted by molar-refractivity contribution is 7.89. The van der Waals surface area contributed by atoms with Gasteiger partial charge in [0.1, 0.15) is 11.9 Å². The van der Waals surface area contributed by atoms with Gasteiger partial charge in [-0.25, -0.2) is 12.8 Å². The van der Waals surface area contributed by atoms with Gasteiger partial charge >= 0.3 is 11.9 Å². The molecule has 1 aromatic carbocycles. The first-order valence-corrected chi connectivity index (χ1v) is 6.43. The Morgan fingerprint density at radius 3 is 2.16 bits per heavy atom. The van der Waals surface area contributed by atoms with E-state index in [0.717, 1.165) is 24.3 Å². The Kier molecular flexibility index (Phi) is 4.57. The molecule has 0 amide bonds. The van der Waals surface area contributed by atoms with Gasteiger partial charge in [0, 0.05) is 0 Å². The largest absolute Gasteiger partial charge is 0.481 e. The van der Waals surface area contributed by atoms with Gasteiger partial charge in [0.2, 0.25) is 10.0 Å². The summed E-state index contributed by atoms with van der Waals surface area (Å²) < 4.78 is 37.9. The maximum Gasteiger partial charge on any atom is 0.322 e. The number of carbonyl (C=O) groups is 2. The van der Waals surface area contributed by atoms with E-state index in [0.29, 0.717) is 0 Å². The molecule has 0 unspecified atom stereocenters. The molecule has 0 bridgehead atoms. The fourth-order valence-electron chi connectivity index (χ4n) is 1.22. The van der Waals surface area contributed by atoms with Gasteiger partial charge in [-0.15, -0.1) is 0 Å². The lowest BCUT2D eigenvalue weighted by atomic mass is 10.2. The molecule has 19 heavy (non-hydrogen) atoms. The first-order valence-electron chi connectivity index (χ1n) is 4.95. The monoisotopic (exact) mass is 291 g/mol. The van der Waals surface area contributed by atoms with E-state index in [4.69, 9.17) is 10.2 Å². The normalized spacial score (nSPS) is 12.9. The first kappa shape index (κ1) is 15.1. The number of sulfonamides is 1. The second-order valence-corrected chi connectivity index (χ2v) is 5.28. The van der Waals surface area contributed by atoms with Crippen molar-refractivity contribution in [1.82, 2.24) is 4.72 Å². The van der Waals surface area contributed by atoms with Crippen molar-refractivity contribution < 1.29 is 32.6 Å². The van der Waals surface area contributed by atoms with Gasteiger partial charge in [0.25, 0.3) is 0 Å². The SMILES string of the molecule is O=C(O)C[C@H](NS(=O)(=O)c1ccc(F)cc1)C(=O)O. The predicted molar refractivity (Wildman–Crippen MR) is 60.4 cm³/mol. The lowest BCUT2D eigenvalue weighted by molar-refractivity contribution is -0.145. The van der Waals surface area contributed by atoms with E-state index in [-0.39, 0.29) is 4.90 Å². The van der Waals surface area contributed by atoms with E-state index in [2.05, 4.69) is 0 Å². The lowest BCUT2D eigenvalue weighted by Gasteiger charge is -2.12. The molecule has 0 saturated carbocycles. The van der Waals surface area contributed by atoms with E-state index in [9.17, 15) is 22.4 Å². The third-order valence-corrected chi connectivity index (χ3v) is 3.59. The van der Waals surface area contributed by atoms with Crippen LogP contribution in [0.15, 0.2) is 29.2 Å². The van der Waals surface area contributed by atoms with Gasteiger partial charge in [0.15, 0.2) is 0 Å². The van der Waals surface area contributed by atoms with Crippen molar-refractivity contribution in [1.29, 1.82) is 0 Å². The summed E-state index contributed by atoms with van der Waals surface area (Å²) in [6.07, 6.45) is -0.907. The second kappa shape index (κ2) is 5.76. The highest BCUT2D eigenvalue weighted by atomic mass is 32.2. The summed E-state index contributed by atoms with van der Waals surface area (Å²) in [5.41, 5.74) is 0. The van der Waals surface area contributed by atoms with Gasteiger partial charge < -0.3 is 10.2 Å². The number of benzene rings is 1. The van der Waals surface area contributed by atoms with Crippen LogP contribution < -0.4 is 4.72 Å². The van der Waals surface area contributed by atoms with Crippen LogP contribution in [0.2, 0.25) is 0 Å². The van der Waals surface area contributed by atoms with E-state index < -0.39 is 40.2 Å². The van der Waals surface area contributed by atoms with Crippen LogP contribution in [0, 0.1) is 5.82 Å². The molecular formula is C10H10FNO6S. The summed E-state index contributed by atoms with van der Waals surface area (Å²) >= 11 is 0. The molecule has 0 aliphatic rings. The number of rotatable bonds is 6. The maximum absolute atomic E-state index is 12.7. The number of nitrogens with one attached hydrogen (secondary N) is 1. The lowest BCUT2D eigenvalue weighted by Crippen LogP contribution is -2.42. The molecule has 104 valence electrons. The summed E-state index contributed by atoms with van der Waals surface area (Å²) in [5, 5.41) is 17.2. The Hall–Kier alpha value is -2.00. The van der Waals surface area contributed by atoms with Crippen LogP contribution in [0.4, 0.5) is 4.39 Å². The number of aliphatic carboxylic acids is 2. The van der Waals surface area contributed by atoms with Gasteiger partial charge in [-0.3, -0.25) is 9.59 Å². The van der Waals surface area contributed by atoms with Crippen molar-refractivity contribution >= 4 is 22.0 Å². The molecule has 0 fully saturated rings. The molecule has 0 heterocycles. The van der Waals surface area contributed by atoms with Crippen LogP contribution in [-0.2, 0) is 19.6 Å². The minimum Gasteiger partial charge on any atom is -0.481 e. The average molecular weight is 291 g/mol. The fourth-order valence-corrected chi connectivity index (χ4v) is 2.41. The smallest absolute Gasteiger partial charge is 0.322 e. The molecular weight excluding hydrogens is 281 g/mol. The van der Waals surface area contributed by atoms with E-state index in [1.165, 1.54) is 0 Å². The third-order valence-electron chi connectivity index (χ3n) is 2.10. The van der Waals surface area contributed by atoms with Gasteiger partial charge in [0.05, 0.1) is 11.3 Å². The van der Waals surface area contributed by atoms with Gasteiger partial charge in [-0.2, -0.15) is 4.72 Å². The number of carboxylic acid groups (broad SMARTS) is 2. The highest BCUT2D eigenvalue weighted by Crippen LogP contribution is 2.11. The van der Waals surface area contributed by atoms with Crippen molar-refractivity contribution in [3.05, 3.63) is 30.1 Å². The molecule has 0 aliphatic heterocycles. The van der Waals surface area contributed by atoms with Crippen molar-refractivity contribution in [2.24, 2.45) is 0 Å². The minimum absolute atomic E-state index is 0.356. The highest BCUT2D eigenvalue weighted by Gasteiger charge is 2.27. The molecule has 0 radical (unpaired) electrons. The van der Waals surface area contributed by atoms with E-state index in [1.54, 1.807) is 4.72 Å². The van der Waals surface area contributed by atoms with Crippen molar-refractivity contribution in [3.63, 3.8) is 0 Å². The maximum atomic E-state index is 12.7. The van der Waals surface area contributed by atoms with Crippen LogP contribution in [-0.4, -0.2) is 36.6 Å². The molecule has 0 saturated heterocycles. The summed E-state index contributed by atoms with van der Waals surface area (Å²) in [6.45, 7) is 0. The van der Waals surface area contributed by atoms with E-state index in [1.807, 2.05) is 0 Å². The Bertz CT molecular complexity index is 583. The molecule has 7 nitrogen and oxygen atoms in total. The predicted octanol–water partition coefficient (Wildman–Crippen LogP) is 0.0319.